The highest BCUT2D eigenvalue weighted by Crippen LogP contribution is 2.29. The van der Waals surface area contributed by atoms with Gasteiger partial charge >= 0.3 is 12.1 Å². The van der Waals surface area contributed by atoms with E-state index in [2.05, 4.69) is 26.5 Å². The number of alkyl halides is 3. The van der Waals surface area contributed by atoms with Crippen LogP contribution in [-0.2, 0) is 6.18 Å². The highest BCUT2D eigenvalue weighted by molar-refractivity contribution is 9.10. The van der Waals surface area contributed by atoms with Crippen molar-refractivity contribution in [2.24, 2.45) is 5.10 Å². The molecule has 3 rings (SSSR count). The summed E-state index contributed by atoms with van der Waals surface area (Å²) in [6, 6.07) is 11.4. The third kappa shape index (κ3) is 4.08. The van der Waals surface area contributed by atoms with Crippen molar-refractivity contribution in [3.8, 4) is 0 Å². The van der Waals surface area contributed by atoms with Crippen LogP contribution in [0, 0.1) is 0 Å². The quantitative estimate of drug-likeness (QED) is 0.489. The third-order valence-corrected chi connectivity index (χ3v) is 3.79. The molecule has 0 radical (unpaired) electrons. The van der Waals surface area contributed by atoms with Crippen LogP contribution >= 0.6 is 15.9 Å². The van der Waals surface area contributed by atoms with Gasteiger partial charge in [-0.1, -0.05) is 28.1 Å². The highest BCUT2D eigenvalue weighted by Gasteiger charge is 2.30. The van der Waals surface area contributed by atoms with E-state index in [1.807, 2.05) is 0 Å². The molecule has 4 nitrogen and oxygen atoms in total. The van der Waals surface area contributed by atoms with E-state index in [4.69, 9.17) is 4.42 Å². The molecule has 2 aromatic carbocycles. The Morgan fingerprint density at radius 3 is 2.72 bits per heavy atom. The standard InChI is InChI=1S/C17H10BrF3N2O2/c18-13-4-5-14-11(7-13)8-15(25-14)16(24)23-22-9-10-2-1-3-12(6-10)17(19,20)21/h1-9H,(H,23,24). The zero-order valence-corrected chi connectivity index (χ0v) is 14.1. The first-order valence-electron chi connectivity index (χ1n) is 7.03. The molecule has 0 saturated heterocycles. The van der Waals surface area contributed by atoms with Crippen LogP contribution in [0.1, 0.15) is 21.7 Å². The van der Waals surface area contributed by atoms with Gasteiger partial charge in [0.1, 0.15) is 5.58 Å². The van der Waals surface area contributed by atoms with E-state index in [0.717, 1.165) is 28.2 Å². The number of furan rings is 1. The van der Waals surface area contributed by atoms with Crippen LogP contribution < -0.4 is 5.43 Å². The number of fused-ring (bicyclic) bond motifs is 1. The number of hydrogen-bond donors (Lipinski definition) is 1. The van der Waals surface area contributed by atoms with E-state index in [1.54, 1.807) is 24.3 Å². The minimum Gasteiger partial charge on any atom is -0.451 e. The molecule has 0 spiro atoms. The molecular weight excluding hydrogens is 401 g/mol. The van der Waals surface area contributed by atoms with Gasteiger partial charge in [0.2, 0.25) is 0 Å². The number of nitrogens with one attached hydrogen (secondary N) is 1. The fourth-order valence-corrected chi connectivity index (χ4v) is 2.52. The minimum atomic E-state index is -4.43. The molecule has 0 aliphatic heterocycles. The first-order chi connectivity index (χ1) is 11.8. The lowest BCUT2D eigenvalue weighted by Crippen LogP contribution is -2.16. The molecule has 1 amide bonds. The van der Waals surface area contributed by atoms with Gasteiger partial charge < -0.3 is 4.42 Å². The predicted molar refractivity (Wildman–Crippen MR) is 90.4 cm³/mol. The molecule has 128 valence electrons. The van der Waals surface area contributed by atoms with E-state index in [0.29, 0.717) is 5.58 Å². The van der Waals surface area contributed by atoms with Crippen molar-refractivity contribution in [1.29, 1.82) is 0 Å². The maximum Gasteiger partial charge on any atom is 0.416 e. The molecule has 3 aromatic rings. The number of hydrazone groups is 1. The number of benzene rings is 2. The van der Waals surface area contributed by atoms with Gasteiger partial charge in [-0.05, 0) is 42.0 Å². The van der Waals surface area contributed by atoms with Crippen molar-refractivity contribution >= 4 is 39.0 Å². The molecule has 0 atom stereocenters. The van der Waals surface area contributed by atoms with Gasteiger partial charge in [-0.2, -0.15) is 18.3 Å². The Balaban J connectivity index is 1.72. The van der Waals surface area contributed by atoms with Crippen molar-refractivity contribution < 1.29 is 22.4 Å². The number of halogens is 4. The van der Waals surface area contributed by atoms with Gasteiger partial charge in [-0.25, -0.2) is 5.43 Å². The summed E-state index contributed by atoms with van der Waals surface area (Å²) in [5.41, 5.74) is 2.19. The lowest BCUT2D eigenvalue weighted by Gasteiger charge is -2.06. The Kier molecular flexibility index (Phi) is 4.63. The number of rotatable bonds is 3. The lowest BCUT2D eigenvalue weighted by atomic mass is 10.1. The second kappa shape index (κ2) is 6.72. The smallest absolute Gasteiger partial charge is 0.416 e. The molecule has 25 heavy (non-hydrogen) atoms. The van der Waals surface area contributed by atoms with E-state index in [9.17, 15) is 18.0 Å². The molecule has 0 fully saturated rings. The van der Waals surface area contributed by atoms with E-state index >= 15 is 0 Å². The monoisotopic (exact) mass is 410 g/mol. The molecule has 0 aliphatic rings. The van der Waals surface area contributed by atoms with Crippen molar-refractivity contribution in [2.75, 3.05) is 0 Å². The first-order valence-corrected chi connectivity index (χ1v) is 7.82. The second-order valence-electron chi connectivity index (χ2n) is 5.12. The van der Waals surface area contributed by atoms with Crippen molar-refractivity contribution in [3.05, 3.63) is 69.9 Å². The zero-order chi connectivity index (χ0) is 18.0. The molecule has 0 unspecified atom stereocenters. The Labute approximate surface area is 148 Å². The summed E-state index contributed by atoms with van der Waals surface area (Å²) in [5, 5.41) is 4.41. The van der Waals surface area contributed by atoms with E-state index < -0.39 is 17.6 Å². The number of carbonyl (C=O) groups is 1. The number of hydrogen-bond acceptors (Lipinski definition) is 3. The van der Waals surface area contributed by atoms with Crippen LogP contribution in [0.25, 0.3) is 11.0 Å². The summed E-state index contributed by atoms with van der Waals surface area (Å²) >= 11 is 3.32. The van der Waals surface area contributed by atoms with Crippen molar-refractivity contribution in [1.82, 2.24) is 5.43 Å². The van der Waals surface area contributed by atoms with Crippen LogP contribution in [0.5, 0.6) is 0 Å². The molecule has 8 heteroatoms. The zero-order valence-electron chi connectivity index (χ0n) is 12.5. The summed E-state index contributed by atoms with van der Waals surface area (Å²) in [6.07, 6.45) is -3.30. The minimum absolute atomic E-state index is 0.0503. The lowest BCUT2D eigenvalue weighted by molar-refractivity contribution is -0.137. The SMILES string of the molecule is O=C(NN=Cc1cccc(C(F)(F)F)c1)c1cc2cc(Br)ccc2o1. The summed E-state index contributed by atoms with van der Waals surface area (Å²) in [6.45, 7) is 0. The highest BCUT2D eigenvalue weighted by atomic mass is 79.9. The van der Waals surface area contributed by atoms with E-state index in [1.165, 1.54) is 12.1 Å². The number of nitrogens with zero attached hydrogens (tertiary/aromatic N) is 1. The van der Waals surface area contributed by atoms with Crippen LogP contribution in [0.4, 0.5) is 13.2 Å². The third-order valence-electron chi connectivity index (χ3n) is 3.30. The van der Waals surface area contributed by atoms with Gasteiger partial charge in [-0.3, -0.25) is 4.79 Å². The average molecular weight is 411 g/mol. The molecule has 1 heterocycles. The molecule has 0 saturated carbocycles. The molecule has 0 bridgehead atoms. The fourth-order valence-electron chi connectivity index (χ4n) is 2.14. The van der Waals surface area contributed by atoms with E-state index in [-0.39, 0.29) is 11.3 Å². The van der Waals surface area contributed by atoms with Crippen molar-refractivity contribution in [3.63, 3.8) is 0 Å². The normalized spacial score (nSPS) is 12.0. The Morgan fingerprint density at radius 2 is 1.96 bits per heavy atom. The van der Waals surface area contributed by atoms with Gasteiger partial charge in [-0.15, -0.1) is 0 Å². The first kappa shape index (κ1) is 17.2. The van der Waals surface area contributed by atoms with Gasteiger partial charge in [0.15, 0.2) is 5.76 Å². The summed E-state index contributed by atoms with van der Waals surface area (Å²) in [7, 11) is 0. The fraction of sp³-hybridized carbons (Fsp3) is 0.0588. The molecule has 0 aliphatic carbocycles. The molecule has 1 N–H and O–H groups in total. The Bertz CT molecular complexity index is 964. The average Bonchev–Trinajstić information content (AvgIpc) is 2.97. The van der Waals surface area contributed by atoms with Crippen LogP contribution in [0.15, 0.2) is 62.5 Å². The molecular formula is C17H10BrF3N2O2. The summed E-state index contributed by atoms with van der Waals surface area (Å²) < 4.78 is 44.2. The van der Waals surface area contributed by atoms with Gasteiger partial charge in [0, 0.05) is 9.86 Å². The summed E-state index contributed by atoms with van der Waals surface area (Å²) in [4.78, 5) is 12.0. The Hall–Kier alpha value is -2.61. The maximum atomic E-state index is 12.6. The van der Waals surface area contributed by atoms with Gasteiger partial charge in [0.25, 0.3) is 0 Å². The topological polar surface area (TPSA) is 54.6 Å². The maximum absolute atomic E-state index is 12.6. The Morgan fingerprint density at radius 1 is 1.16 bits per heavy atom. The number of amides is 1. The molecule has 1 aromatic heterocycles. The second-order valence-corrected chi connectivity index (χ2v) is 6.03. The largest absolute Gasteiger partial charge is 0.451 e. The van der Waals surface area contributed by atoms with Crippen molar-refractivity contribution in [2.45, 2.75) is 6.18 Å². The van der Waals surface area contributed by atoms with Crippen LogP contribution in [0.2, 0.25) is 0 Å². The summed E-state index contributed by atoms with van der Waals surface area (Å²) in [5.74, 6) is -0.551. The van der Waals surface area contributed by atoms with Gasteiger partial charge in [0.05, 0.1) is 11.8 Å². The number of carbonyl (C=O) groups excluding carboxylic acids is 1. The van der Waals surface area contributed by atoms with Crippen LogP contribution in [-0.4, -0.2) is 12.1 Å². The van der Waals surface area contributed by atoms with Crippen LogP contribution in [0.3, 0.4) is 0 Å². The predicted octanol–water partition coefficient (Wildman–Crippen LogP) is 4.98.